The van der Waals surface area contributed by atoms with Gasteiger partial charge in [-0.1, -0.05) is 59.1 Å². The second kappa shape index (κ2) is 12.8. The van der Waals surface area contributed by atoms with Gasteiger partial charge in [0.05, 0.1) is 0 Å². The largest absolute Gasteiger partial charge is 0.478 e. The number of nitriles is 1. The van der Waals surface area contributed by atoms with E-state index >= 15 is 0 Å². The van der Waals surface area contributed by atoms with Gasteiger partial charge in [-0.05, 0) is 91.6 Å². The van der Waals surface area contributed by atoms with Crippen molar-refractivity contribution in [2.24, 2.45) is 17.8 Å². The summed E-state index contributed by atoms with van der Waals surface area (Å²) >= 11 is 0. The molecule has 0 aromatic heterocycles. The molecule has 3 rings (SSSR count). The van der Waals surface area contributed by atoms with Gasteiger partial charge in [-0.15, -0.1) is 0 Å². The first-order valence-electron chi connectivity index (χ1n) is 14.4. The quantitative estimate of drug-likeness (QED) is 0.159. The number of rotatable bonds is 12. The Bertz CT molecular complexity index is 948. The smallest absolute Gasteiger partial charge is 0.302 e. The molecule has 0 N–H and O–H groups in total. The van der Waals surface area contributed by atoms with Gasteiger partial charge in [-0.25, -0.2) is 0 Å². The molecule has 206 valence electrons. The molecular weight excluding hydrogens is 478 g/mol. The number of hydrogen-bond acceptors (Lipinski definition) is 5. The highest BCUT2D eigenvalue weighted by molar-refractivity contribution is 6.74. The van der Waals surface area contributed by atoms with Crippen molar-refractivity contribution in [2.45, 2.75) is 123 Å². The summed E-state index contributed by atoms with van der Waals surface area (Å²) < 4.78 is 18.7. The van der Waals surface area contributed by atoms with E-state index in [1.165, 1.54) is 37.3 Å². The third-order valence-corrected chi connectivity index (χ3v) is 13.7. The van der Waals surface area contributed by atoms with Gasteiger partial charge in [0.25, 0.3) is 0 Å². The Kier molecular flexibility index (Phi) is 10.3. The predicted molar refractivity (Wildman–Crippen MR) is 151 cm³/mol. The van der Waals surface area contributed by atoms with Gasteiger partial charge in [-0.3, -0.25) is 4.79 Å². The summed E-state index contributed by atoms with van der Waals surface area (Å²) in [7, 11) is -1.88. The first-order valence-corrected chi connectivity index (χ1v) is 17.3. The Morgan fingerprint density at radius 1 is 1.19 bits per heavy atom. The minimum absolute atomic E-state index is 0.0329. The number of carbonyl (C=O) groups is 1. The second-order valence-electron chi connectivity index (χ2n) is 12.8. The van der Waals surface area contributed by atoms with Crippen molar-refractivity contribution in [3.05, 3.63) is 29.3 Å². The summed E-state index contributed by atoms with van der Waals surface area (Å²) in [6, 6.07) is 8.30. The molecule has 1 aromatic rings. The van der Waals surface area contributed by atoms with Gasteiger partial charge in [0.2, 0.25) is 0 Å². The van der Waals surface area contributed by atoms with Crippen molar-refractivity contribution >= 4 is 14.3 Å². The standard InChI is InChI=1S/C31H49NO4Si/c1-8-9-10-13-25(36-37(6,7)31(3,4)5)15-16-26-27-21-28-23(12-11-14-29(28)34-18-17-32)19-24(27)20-30(26)35-22(2)33/h11-12,14,24-27,30H,8-10,13,15-16,18-21H2,1-7H3/t24?,25-,26+,27?,30-/m0/s1. The molecule has 2 aliphatic rings. The lowest BCUT2D eigenvalue weighted by Crippen LogP contribution is -2.44. The number of fused-ring (bicyclic) bond motifs is 2. The van der Waals surface area contributed by atoms with Crippen LogP contribution in [-0.2, 0) is 26.8 Å². The molecule has 1 saturated carbocycles. The zero-order valence-electron chi connectivity index (χ0n) is 24.3. The SMILES string of the molecule is CCCCC[C@@H](CC[C@@H]1C2Cc3c(cccc3OCC#N)CC2C[C@@H]1OC(C)=O)O[Si](C)(C)C(C)(C)C. The number of ether oxygens (including phenoxy) is 2. The van der Waals surface area contributed by atoms with Crippen LogP contribution in [0.1, 0.15) is 90.7 Å². The van der Waals surface area contributed by atoms with Crippen molar-refractivity contribution in [3.63, 3.8) is 0 Å². The summed E-state index contributed by atoms with van der Waals surface area (Å²) in [5.41, 5.74) is 2.56. The number of carbonyl (C=O) groups excluding carboxylic acids is 1. The van der Waals surface area contributed by atoms with E-state index < -0.39 is 8.32 Å². The topological polar surface area (TPSA) is 68.5 Å². The van der Waals surface area contributed by atoms with Gasteiger partial charge in [-0.2, -0.15) is 5.26 Å². The maximum atomic E-state index is 12.1. The van der Waals surface area contributed by atoms with Gasteiger partial charge >= 0.3 is 5.97 Å². The van der Waals surface area contributed by atoms with Crippen LogP contribution >= 0.6 is 0 Å². The maximum absolute atomic E-state index is 12.1. The van der Waals surface area contributed by atoms with E-state index in [2.05, 4.69) is 52.9 Å². The molecule has 1 aromatic carbocycles. The van der Waals surface area contributed by atoms with Crippen molar-refractivity contribution in [2.75, 3.05) is 6.61 Å². The van der Waals surface area contributed by atoms with E-state index in [-0.39, 0.29) is 29.8 Å². The van der Waals surface area contributed by atoms with E-state index in [0.717, 1.165) is 44.3 Å². The van der Waals surface area contributed by atoms with Crippen molar-refractivity contribution in [3.8, 4) is 11.8 Å². The van der Waals surface area contributed by atoms with Crippen LogP contribution in [0.4, 0.5) is 0 Å². The summed E-state index contributed by atoms with van der Waals surface area (Å²) in [6.45, 7) is 15.5. The Balaban J connectivity index is 1.80. The van der Waals surface area contributed by atoms with Crippen LogP contribution in [0.15, 0.2) is 18.2 Å². The fraction of sp³-hybridized carbons (Fsp3) is 0.742. The highest BCUT2D eigenvalue weighted by atomic mass is 28.4. The molecule has 5 nitrogen and oxygen atoms in total. The fourth-order valence-corrected chi connectivity index (χ4v) is 7.65. The lowest BCUT2D eigenvalue weighted by molar-refractivity contribution is -0.148. The number of benzene rings is 1. The van der Waals surface area contributed by atoms with Gasteiger partial charge in [0.1, 0.15) is 17.9 Å². The van der Waals surface area contributed by atoms with Crippen LogP contribution < -0.4 is 4.74 Å². The molecule has 0 aliphatic heterocycles. The van der Waals surface area contributed by atoms with E-state index in [1.54, 1.807) is 0 Å². The molecule has 1 fully saturated rings. The minimum atomic E-state index is -1.88. The third kappa shape index (κ3) is 7.60. The van der Waals surface area contributed by atoms with E-state index in [4.69, 9.17) is 19.2 Å². The summed E-state index contributed by atoms with van der Waals surface area (Å²) in [5.74, 6) is 1.94. The van der Waals surface area contributed by atoms with Gasteiger partial charge in [0, 0.05) is 13.0 Å². The summed E-state index contributed by atoms with van der Waals surface area (Å²) in [4.78, 5) is 12.1. The molecule has 2 unspecified atom stereocenters. The molecule has 0 bridgehead atoms. The first kappa shape index (κ1) is 29.7. The highest BCUT2D eigenvalue weighted by Gasteiger charge is 2.47. The van der Waals surface area contributed by atoms with E-state index in [1.807, 2.05) is 12.1 Å². The average molecular weight is 528 g/mol. The van der Waals surface area contributed by atoms with Crippen LogP contribution in [0.5, 0.6) is 5.75 Å². The summed E-state index contributed by atoms with van der Waals surface area (Å²) in [5, 5.41) is 9.22. The lowest BCUT2D eigenvalue weighted by Gasteiger charge is -2.40. The molecule has 2 aliphatic carbocycles. The molecule has 5 atom stereocenters. The normalized spacial score (nSPS) is 24.1. The Morgan fingerprint density at radius 2 is 1.95 bits per heavy atom. The van der Waals surface area contributed by atoms with E-state index in [0.29, 0.717) is 17.8 Å². The van der Waals surface area contributed by atoms with E-state index in [9.17, 15) is 4.79 Å². The number of esters is 1. The molecule has 0 amide bonds. The van der Waals surface area contributed by atoms with Gasteiger partial charge < -0.3 is 13.9 Å². The van der Waals surface area contributed by atoms with Crippen molar-refractivity contribution in [1.29, 1.82) is 5.26 Å². The molecule has 0 heterocycles. The Labute approximate surface area is 226 Å². The first-order chi connectivity index (χ1) is 17.5. The molecular formula is C31H49NO4Si. The number of unbranched alkanes of at least 4 members (excludes halogenated alkanes) is 2. The third-order valence-electron chi connectivity index (χ3n) is 9.15. The van der Waals surface area contributed by atoms with Crippen molar-refractivity contribution < 1.29 is 18.7 Å². The Morgan fingerprint density at radius 3 is 2.59 bits per heavy atom. The highest BCUT2D eigenvalue weighted by Crippen LogP contribution is 2.50. The van der Waals surface area contributed by atoms with Gasteiger partial charge in [0.15, 0.2) is 14.9 Å². The van der Waals surface area contributed by atoms with Crippen LogP contribution in [-0.4, -0.2) is 33.1 Å². The maximum Gasteiger partial charge on any atom is 0.302 e. The number of hydrogen-bond donors (Lipinski definition) is 0. The average Bonchev–Trinajstić information content (AvgIpc) is 3.13. The minimum Gasteiger partial charge on any atom is -0.478 e. The molecule has 0 saturated heterocycles. The zero-order valence-corrected chi connectivity index (χ0v) is 25.3. The molecule has 6 heteroatoms. The molecule has 0 spiro atoms. The van der Waals surface area contributed by atoms with Crippen LogP contribution in [0.2, 0.25) is 18.1 Å². The fourth-order valence-electron chi connectivity index (χ4n) is 6.23. The number of nitrogens with zero attached hydrogens (tertiary/aromatic N) is 1. The molecule has 37 heavy (non-hydrogen) atoms. The predicted octanol–water partition coefficient (Wildman–Crippen LogP) is 7.62. The monoisotopic (exact) mass is 527 g/mol. The van der Waals surface area contributed by atoms with Crippen LogP contribution in [0.25, 0.3) is 0 Å². The summed E-state index contributed by atoms with van der Waals surface area (Å²) in [6.07, 6.45) is 9.86. The lowest BCUT2D eigenvalue weighted by atomic mass is 9.73. The second-order valence-corrected chi connectivity index (χ2v) is 17.5. The zero-order chi connectivity index (χ0) is 27.2. The Hall–Kier alpha value is -1.84. The van der Waals surface area contributed by atoms with Crippen molar-refractivity contribution in [1.82, 2.24) is 0 Å². The van der Waals surface area contributed by atoms with Crippen LogP contribution in [0, 0.1) is 29.1 Å². The van der Waals surface area contributed by atoms with Crippen LogP contribution in [0.3, 0.4) is 0 Å². The molecule has 0 radical (unpaired) electrons.